The summed E-state index contributed by atoms with van der Waals surface area (Å²) >= 11 is 0. The number of amides is 1. The molecule has 0 spiro atoms. The van der Waals surface area contributed by atoms with Crippen molar-refractivity contribution in [3.8, 4) is 0 Å². The number of quaternary nitrogens is 1. The lowest BCUT2D eigenvalue weighted by Crippen LogP contribution is -2.47. The van der Waals surface area contributed by atoms with Gasteiger partial charge in [-0.3, -0.25) is 14.2 Å². The highest BCUT2D eigenvalue weighted by Crippen LogP contribution is 2.38. The number of carbonyl (C=O) groups excluding carboxylic acids is 2. The van der Waals surface area contributed by atoms with Crippen LogP contribution < -0.4 is 10.2 Å². The summed E-state index contributed by atoms with van der Waals surface area (Å²) in [5, 5.41) is 3.05. The van der Waals surface area contributed by atoms with E-state index in [9.17, 15) is 19.0 Å². The Morgan fingerprint density at radius 3 is 1.10 bits per heavy atom. The number of unbranched alkanes of at least 4 members (excludes halogenated alkanes) is 44. The van der Waals surface area contributed by atoms with Crippen molar-refractivity contribution < 1.29 is 37.3 Å². The minimum absolute atomic E-state index is 0.0184. The number of hydrogen-bond acceptors (Lipinski definition) is 7. The molecule has 0 aromatic carbocycles. The van der Waals surface area contributed by atoms with E-state index in [-0.39, 0.29) is 31.5 Å². The summed E-state index contributed by atoms with van der Waals surface area (Å²) in [4.78, 5) is 40.1. The molecule has 10 heteroatoms. The number of allylic oxidation sites excluding steroid dienone is 3. The Hall–Kier alpha value is -1.51. The van der Waals surface area contributed by atoms with Gasteiger partial charge >= 0.3 is 5.97 Å². The molecule has 0 aromatic heterocycles. The van der Waals surface area contributed by atoms with Gasteiger partial charge < -0.3 is 28.5 Å². The van der Waals surface area contributed by atoms with Gasteiger partial charge in [-0.25, -0.2) is 0 Å². The smallest absolute Gasteiger partial charge is 0.306 e. The zero-order chi connectivity index (χ0) is 56.4. The number of carbonyl (C=O) groups is 2. The molecule has 3 atom stereocenters. The van der Waals surface area contributed by atoms with Crippen LogP contribution >= 0.6 is 7.82 Å². The van der Waals surface area contributed by atoms with Crippen LogP contribution in [0, 0.1) is 0 Å². The number of rotatable bonds is 62. The van der Waals surface area contributed by atoms with Gasteiger partial charge in [-0.2, -0.15) is 0 Å². The molecule has 9 nitrogen and oxygen atoms in total. The molecule has 3 unspecified atom stereocenters. The molecule has 0 heterocycles. The van der Waals surface area contributed by atoms with Gasteiger partial charge in [0, 0.05) is 12.8 Å². The summed E-state index contributed by atoms with van der Waals surface area (Å²) in [6.45, 7) is 6.90. The van der Waals surface area contributed by atoms with Gasteiger partial charge in [0.05, 0.1) is 33.8 Å². The maximum Gasteiger partial charge on any atom is 0.306 e. The van der Waals surface area contributed by atoms with E-state index in [4.69, 9.17) is 13.8 Å². The quantitative estimate of drug-likeness (QED) is 0.0212. The molecule has 0 aliphatic heterocycles. The van der Waals surface area contributed by atoms with Crippen LogP contribution in [0.3, 0.4) is 0 Å². The second-order valence-electron chi connectivity index (χ2n) is 24.3. The molecule has 0 saturated carbocycles. The van der Waals surface area contributed by atoms with Gasteiger partial charge in [0.15, 0.2) is 0 Å². The Morgan fingerprint density at radius 2 is 0.753 bits per heavy atom. The lowest BCUT2D eigenvalue weighted by molar-refractivity contribution is -0.870. The van der Waals surface area contributed by atoms with Gasteiger partial charge in [0.1, 0.15) is 19.3 Å². The zero-order valence-electron chi connectivity index (χ0n) is 52.2. The van der Waals surface area contributed by atoms with Crippen LogP contribution in [-0.4, -0.2) is 69.4 Å². The molecule has 77 heavy (non-hydrogen) atoms. The number of nitrogens with zero attached hydrogens (tertiary/aromatic N) is 1. The van der Waals surface area contributed by atoms with E-state index in [0.717, 1.165) is 57.8 Å². The van der Waals surface area contributed by atoms with E-state index in [1.54, 1.807) is 0 Å². The number of likely N-dealkylation sites (N-methyl/N-ethyl adjacent to an activating group) is 1. The van der Waals surface area contributed by atoms with Gasteiger partial charge in [0.25, 0.3) is 7.82 Å². The molecule has 1 amide bonds. The molecule has 0 saturated heterocycles. The lowest BCUT2D eigenvalue weighted by Gasteiger charge is -2.30. The molecule has 456 valence electrons. The molecule has 0 aliphatic rings. The number of hydrogen-bond donors (Lipinski definition) is 1. The van der Waals surface area contributed by atoms with Crippen molar-refractivity contribution in [2.75, 3.05) is 40.9 Å². The van der Waals surface area contributed by atoms with E-state index in [0.29, 0.717) is 17.4 Å². The van der Waals surface area contributed by atoms with Crippen molar-refractivity contribution in [2.24, 2.45) is 0 Å². The maximum absolute atomic E-state index is 13.6. The third-order valence-corrected chi connectivity index (χ3v) is 16.3. The van der Waals surface area contributed by atoms with Gasteiger partial charge in [-0.05, 0) is 57.4 Å². The number of esters is 1. The predicted molar refractivity (Wildman–Crippen MR) is 330 cm³/mol. The Bertz CT molecular complexity index is 1370. The number of phosphoric ester groups is 1. The molecular weight excluding hydrogens is 976 g/mol. The largest absolute Gasteiger partial charge is 0.756 e. The Morgan fingerprint density at radius 1 is 0.442 bits per heavy atom. The van der Waals surface area contributed by atoms with Crippen molar-refractivity contribution in [2.45, 2.75) is 354 Å². The monoisotopic (exact) mass is 1110 g/mol. The summed E-state index contributed by atoms with van der Waals surface area (Å²) in [7, 11) is 1.20. The Balaban J connectivity index is 5.16. The summed E-state index contributed by atoms with van der Waals surface area (Å²) in [6.07, 6.45) is 68.6. The van der Waals surface area contributed by atoms with Crippen LogP contribution in [0.1, 0.15) is 342 Å². The van der Waals surface area contributed by atoms with E-state index in [1.807, 2.05) is 33.3 Å². The van der Waals surface area contributed by atoms with Gasteiger partial charge in [0.2, 0.25) is 5.91 Å². The van der Waals surface area contributed by atoms with Crippen LogP contribution in [0.4, 0.5) is 0 Å². The maximum atomic E-state index is 13.6. The summed E-state index contributed by atoms with van der Waals surface area (Å²) in [5.41, 5.74) is 0. The van der Waals surface area contributed by atoms with Crippen LogP contribution in [-0.2, 0) is 27.9 Å². The average Bonchev–Trinajstić information content (AvgIpc) is 3.39. The van der Waals surface area contributed by atoms with Crippen LogP contribution in [0.15, 0.2) is 24.3 Å². The van der Waals surface area contributed by atoms with E-state index in [2.05, 4.69) is 38.2 Å². The molecule has 0 radical (unpaired) electrons. The highest BCUT2D eigenvalue weighted by atomic mass is 31.2. The Labute approximate surface area is 479 Å². The van der Waals surface area contributed by atoms with Gasteiger partial charge in [-0.1, -0.05) is 296 Å². The SMILES string of the molecule is CCCCCCCC/C=C/CCCCCCCCCCCCCC(=O)NC(COP(=O)([O-])OCC[N+](C)(C)C)C(/C=C/CCCCCCCCCCCCC)OC(=O)CCCCCCCCCCCCCCCCCCC. The summed E-state index contributed by atoms with van der Waals surface area (Å²) in [6, 6.07) is -0.883. The van der Waals surface area contributed by atoms with Crippen molar-refractivity contribution in [1.82, 2.24) is 5.32 Å². The summed E-state index contributed by atoms with van der Waals surface area (Å²) < 4.78 is 30.4. The molecule has 0 rings (SSSR count). The fraction of sp³-hybridized carbons (Fsp3) is 0.910. The first kappa shape index (κ1) is 75.5. The topological polar surface area (TPSA) is 114 Å². The molecule has 0 bridgehead atoms. The number of nitrogens with one attached hydrogen (secondary N) is 1. The van der Waals surface area contributed by atoms with E-state index in [1.165, 1.54) is 250 Å². The van der Waals surface area contributed by atoms with E-state index < -0.39 is 20.0 Å². The fourth-order valence-corrected chi connectivity index (χ4v) is 10.9. The molecular formula is C67H131N2O7P. The second-order valence-corrected chi connectivity index (χ2v) is 25.7. The fourth-order valence-electron chi connectivity index (χ4n) is 10.2. The highest BCUT2D eigenvalue weighted by molar-refractivity contribution is 7.45. The van der Waals surface area contributed by atoms with E-state index >= 15 is 0 Å². The lowest BCUT2D eigenvalue weighted by atomic mass is 10.0. The van der Waals surface area contributed by atoms with Crippen LogP contribution in [0.5, 0.6) is 0 Å². The second kappa shape index (κ2) is 57.7. The first-order valence-electron chi connectivity index (χ1n) is 33.6. The first-order valence-corrected chi connectivity index (χ1v) is 35.1. The number of phosphoric acid groups is 1. The average molecular weight is 1110 g/mol. The first-order chi connectivity index (χ1) is 37.4. The minimum atomic E-state index is -4.70. The third kappa shape index (κ3) is 58.9. The van der Waals surface area contributed by atoms with Crippen molar-refractivity contribution >= 4 is 19.7 Å². The predicted octanol–water partition coefficient (Wildman–Crippen LogP) is 20.3. The zero-order valence-corrected chi connectivity index (χ0v) is 53.1. The van der Waals surface area contributed by atoms with Crippen molar-refractivity contribution in [3.05, 3.63) is 24.3 Å². The Kier molecular flexibility index (Phi) is 56.6. The molecule has 0 fully saturated rings. The minimum Gasteiger partial charge on any atom is -0.756 e. The molecule has 0 aromatic rings. The normalized spacial score (nSPS) is 13.7. The standard InChI is InChI=1S/C67H131N2O7P/c1-7-10-13-16-19-22-25-28-30-32-33-34-35-37-38-41-44-47-50-53-56-59-66(70)68-64(63-75-77(72,73)74-62-61-69(4,5)6)65(58-55-52-49-46-43-40-27-24-21-18-15-12-9-3)76-67(71)60-57-54-51-48-45-42-39-36-31-29-26-23-20-17-14-11-8-2/h28,30,55,58,64-65H,7-27,29,31-54,56-57,59-63H2,1-6H3,(H-,68,70,72,73)/b30-28+,58-55+. The van der Waals surface area contributed by atoms with Crippen molar-refractivity contribution in [1.29, 1.82) is 0 Å². The molecule has 0 aliphatic carbocycles. The van der Waals surface area contributed by atoms with Crippen molar-refractivity contribution in [3.63, 3.8) is 0 Å². The van der Waals surface area contributed by atoms with Crippen LogP contribution in [0.25, 0.3) is 0 Å². The third-order valence-electron chi connectivity index (χ3n) is 15.4. The molecule has 1 N–H and O–H groups in total. The van der Waals surface area contributed by atoms with Gasteiger partial charge in [-0.15, -0.1) is 0 Å². The number of ether oxygens (including phenoxy) is 1. The highest BCUT2D eigenvalue weighted by Gasteiger charge is 2.27. The summed E-state index contributed by atoms with van der Waals surface area (Å²) in [5.74, 6) is -0.521. The van der Waals surface area contributed by atoms with Crippen LogP contribution in [0.2, 0.25) is 0 Å².